The number of nitriles is 1. The fourth-order valence-electron chi connectivity index (χ4n) is 4.87. The summed E-state index contributed by atoms with van der Waals surface area (Å²) in [6, 6.07) is 19.1. The van der Waals surface area contributed by atoms with Crippen molar-refractivity contribution >= 4 is 45.2 Å². The minimum atomic E-state index is -0.435. The van der Waals surface area contributed by atoms with E-state index in [0.717, 1.165) is 38.8 Å². The van der Waals surface area contributed by atoms with Crippen LogP contribution >= 0.6 is 11.6 Å². The number of hydrogen-bond acceptors (Lipinski definition) is 6. The number of carbonyl (C=O) groups excluding carboxylic acids is 1. The molecule has 3 aromatic carbocycles. The monoisotopic (exact) mass is 538 g/mol. The summed E-state index contributed by atoms with van der Waals surface area (Å²) in [6.45, 7) is 2.34. The molecule has 6 rings (SSSR count). The van der Waals surface area contributed by atoms with E-state index in [2.05, 4.69) is 16.4 Å². The van der Waals surface area contributed by atoms with Gasteiger partial charge in [0.25, 0.3) is 0 Å². The van der Waals surface area contributed by atoms with E-state index in [4.69, 9.17) is 26.0 Å². The van der Waals surface area contributed by atoms with Crippen LogP contribution in [0.4, 0.5) is 5.82 Å². The third kappa shape index (κ3) is 4.62. The first-order valence-electron chi connectivity index (χ1n) is 12.4. The molecule has 1 aliphatic rings. The predicted octanol–water partition coefficient (Wildman–Crippen LogP) is 5.93. The number of carbonyl (C=O) groups is 1. The van der Waals surface area contributed by atoms with E-state index in [1.807, 2.05) is 55.5 Å². The Balaban J connectivity index is 1.34. The Morgan fingerprint density at radius 2 is 2.03 bits per heavy atom. The molecule has 1 aliphatic carbocycles. The van der Waals surface area contributed by atoms with Crippen LogP contribution in [0.5, 0.6) is 5.75 Å². The lowest BCUT2D eigenvalue weighted by Gasteiger charge is -2.11. The Morgan fingerprint density at radius 3 is 2.74 bits per heavy atom. The topological polar surface area (TPSA) is 110 Å². The van der Waals surface area contributed by atoms with Crippen LogP contribution in [-0.4, -0.2) is 22.6 Å². The number of pyridine rings is 1. The van der Waals surface area contributed by atoms with Gasteiger partial charge in [0.1, 0.15) is 11.6 Å². The molecule has 0 spiro atoms. The van der Waals surface area contributed by atoms with Gasteiger partial charge < -0.3 is 14.5 Å². The van der Waals surface area contributed by atoms with Gasteiger partial charge in [-0.3, -0.25) is 9.36 Å². The molecule has 5 aromatic rings. The highest BCUT2D eigenvalue weighted by Gasteiger charge is 2.43. The van der Waals surface area contributed by atoms with Gasteiger partial charge in [-0.25, -0.2) is 9.78 Å². The first-order valence-corrected chi connectivity index (χ1v) is 12.8. The van der Waals surface area contributed by atoms with Crippen LogP contribution in [-0.2, 0) is 11.3 Å². The second-order valence-corrected chi connectivity index (χ2v) is 10.2. The molecule has 1 N–H and O–H groups in total. The van der Waals surface area contributed by atoms with Gasteiger partial charge in [-0.1, -0.05) is 23.7 Å². The number of anilines is 1. The molecule has 0 radical (unpaired) electrons. The van der Waals surface area contributed by atoms with Gasteiger partial charge in [-0.05, 0) is 83.4 Å². The van der Waals surface area contributed by atoms with Crippen molar-refractivity contribution in [3.05, 3.63) is 87.5 Å². The number of fused-ring (bicyclic) bond motifs is 2. The van der Waals surface area contributed by atoms with Gasteiger partial charge in [-0.2, -0.15) is 5.26 Å². The van der Waals surface area contributed by atoms with E-state index in [1.165, 1.54) is 0 Å². The van der Waals surface area contributed by atoms with Crippen LogP contribution in [0.15, 0.2) is 70.0 Å². The lowest BCUT2D eigenvalue weighted by atomic mass is 9.97. The second-order valence-electron chi connectivity index (χ2n) is 9.75. The van der Waals surface area contributed by atoms with Gasteiger partial charge in [0.05, 0.1) is 42.1 Å². The summed E-state index contributed by atoms with van der Waals surface area (Å²) in [4.78, 5) is 29.5. The minimum absolute atomic E-state index is 0.203. The van der Waals surface area contributed by atoms with E-state index in [0.29, 0.717) is 34.9 Å². The maximum absolute atomic E-state index is 12.8. The molecule has 0 saturated heterocycles. The second kappa shape index (κ2) is 9.61. The summed E-state index contributed by atoms with van der Waals surface area (Å²) in [5, 5.41) is 13.9. The summed E-state index contributed by atoms with van der Waals surface area (Å²) in [7, 11) is 1.61. The minimum Gasteiger partial charge on any atom is -0.497 e. The fraction of sp³-hybridized carbons (Fsp3) is 0.200. The highest BCUT2D eigenvalue weighted by molar-refractivity contribution is 6.36. The molecule has 0 unspecified atom stereocenters. The lowest BCUT2D eigenvalue weighted by molar-refractivity contribution is -0.117. The standard InChI is InChI=1S/C30H23ClN4O4/c1-16-7-26-27(39-30(37)35(26)15-17-3-5-21(38-2)6-4-17)12-22(16)18-8-19-11-28(33-14-24(19)25(31)10-18)34-29(36)23-9-20(23)13-32/h3-8,10-12,14,20,23H,9,15H2,1-2H3,(H,33,34,36)/t20-,23+/m1/s1. The number of nitrogens with zero attached hydrogens (tertiary/aromatic N) is 3. The van der Waals surface area contributed by atoms with Crippen LogP contribution in [0, 0.1) is 30.1 Å². The maximum atomic E-state index is 12.8. The zero-order chi connectivity index (χ0) is 27.3. The third-order valence-corrected chi connectivity index (χ3v) is 7.47. The van der Waals surface area contributed by atoms with Crippen LogP contribution < -0.4 is 15.8 Å². The Morgan fingerprint density at radius 1 is 1.23 bits per heavy atom. The van der Waals surface area contributed by atoms with Crippen molar-refractivity contribution in [3.8, 4) is 22.9 Å². The zero-order valence-electron chi connectivity index (χ0n) is 21.2. The zero-order valence-corrected chi connectivity index (χ0v) is 22.0. The molecule has 2 aromatic heterocycles. The van der Waals surface area contributed by atoms with Crippen molar-refractivity contribution in [3.63, 3.8) is 0 Å². The number of amides is 1. The van der Waals surface area contributed by atoms with Gasteiger partial charge in [0.15, 0.2) is 5.58 Å². The molecule has 1 amide bonds. The fourth-order valence-corrected chi connectivity index (χ4v) is 5.15. The molecular weight excluding hydrogens is 516 g/mol. The molecule has 0 bridgehead atoms. The normalized spacial score (nSPS) is 16.3. The lowest BCUT2D eigenvalue weighted by Crippen LogP contribution is -2.15. The number of aromatic nitrogens is 2. The molecule has 39 heavy (non-hydrogen) atoms. The van der Waals surface area contributed by atoms with Crippen LogP contribution in [0.1, 0.15) is 17.5 Å². The van der Waals surface area contributed by atoms with Crippen molar-refractivity contribution in [2.45, 2.75) is 19.9 Å². The molecular formula is C30H23ClN4O4. The van der Waals surface area contributed by atoms with E-state index >= 15 is 0 Å². The quantitative estimate of drug-likeness (QED) is 0.287. The van der Waals surface area contributed by atoms with Crippen molar-refractivity contribution in [1.82, 2.24) is 9.55 Å². The predicted molar refractivity (Wildman–Crippen MR) is 149 cm³/mol. The molecule has 2 heterocycles. The number of rotatable bonds is 6. The van der Waals surface area contributed by atoms with Crippen molar-refractivity contribution in [2.75, 3.05) is 12.4 Å². The number of aryl methyl sites for hydroxylation is 1. The van der Waals surface area contributed by atoms with E-state index in [9.17, 15) is 9.59 Å². The van der Waals surface area contributed by atoms with Gasteiger partial charge in [0, 0.05) is 11.6 Å². The highest BCUT2D eigenvalue weighted by atomic mass is 35.5. The largest absolute Gasteiger partial charge is 0.497 e. The number of nitrogens with one attached hydrogen (secondary N) is 1. The van der Waals surface area contributed by atoms with Crippen molar-refractivity contribution in [2.24, 2.45) is 11.8 Å². The summed E-state index contributed by atoms with van der Waals surface area (Å²) < 4.78 is 12.5. The molecule has 0 aliphatic heterocycles. The molecule has 1 saturated carbocycles. The Labute approximate surface area is 228 Å². The first kappa shape index (κ1) is 24.7. The number of methoxy groups -OCH3 is 1. The van der Waals surface area contributed by atoms with E-state index in [-0.39, 0.29) is 17.7 Å². The molecule has 2 atom stereocenters. The highest BCUT2D eigenvalue weighted by Crippen LogP contribution is 2.39. The summed E-state index contributed by atoms with van der Waals surface area (Å²) in [6.07, 6.45) is 2.20. The molecule has 1 fully saturated rings. The number of oxazole rings is 1. The Kier molecular flexibility index (Phi) is 6.09. The Bertz CT molecular complexity index is 1870. The average Bonchev–Trinajstić information content (AvgIpc) is 3.67. The third-order valence-electron chi connectivity index (χ3n) is 7.16. The van der Waals surface area contributed by atoms with E-state index < -0.39 is 5.76 Å². The molecule has 194 valence electrons. The number of ether oxygens (including phenoxy) is 1. The van der Waals surface area contributed by atoms with Crippen molar-refractivity contribution in [1.29, 1.82) is 5.26 Å². The average molecular weight is 539 g/mol. The molecule has 9 heteroatoms. The Hall–Kier alpha value is -4.61. The summed E-state index contributed by atoms with van der Waals surface area (Å²) in [5.41, 5.74) is 4.78. The smallest absolute Gasteiger partial charge is 0.420 e. The SMILES string of the molecule is COc1ccc(Cn2c(=O)oc3cc(-c4cc(Cl)c5cnc(NC(=O)[C@H]6C[C@@H]6C#N)cc5c4)c(C)cc32)cc1. The number of benzene rings is 3. The van der Waals surface area contributed by atoms with Crippen LogP contribution in [0.25, 0.3) is 33.0 Å². The van der Waals surface area contributed by atoms with E-state index in [1.54, 1.807) is 23.9 Å². The number of hydrogen-bond donors (Lipinski definition) is 1. The van der Waals surface area contributed by atoms with Gasteiger partial charge in [0.2, 0.25) is 5.91 Å². The van der Waals surface area contributed by atoms with Crippen molar-refractivity contribution < 1.29 is 13.9 Å². The first-order chi connectivity index (χ1) is 18.8. The summed E-state index contributed by atoms with van der Waals surface area (Å²) >= 11 is 6.63. The van der Waals surface area contributed by atoms with Gasteiger partial charge in [-0.15, -0.1) is 0 Å². The maximum Gasteiger partial charge on any atom is 0.420 e. The summed E-state index contributed by atoms with van der Waals surface area (Å²) in [5.74, 6) is -0.00334. The van der Waals surface area contributed by atoms with Crippen LogP contribution in [0.2, 0.25) is 5.02 Å². The number of halogens is 1. The van der Waals surface area contributed by atoms with Crippen LogP contribution in [0.3, 0.4) is 0 Å². The molecule has 8 nitrogen and oxygen atoms in total. The van der Waals surface area contributed by atoms with Gasteiger partial charge >= 0.3 is 5.76 Å².